The number of hydrogen-bond donors (Lipinski definition) is 2. The van der Waals surface area contributed by atoms with Gasteiger partial charge in [-0.3, -0.25) is 14.9 Å². The fraction of sp³-hybridized carbons (Fsp3) is 0.270. The minimum atomic E-state index is -4.51. The van der Waals surface area contributed by atoms with E-state index >= 15 is 0 Å². The van der Waals surface area contributed by atoms with E-state index in [2.05, 4.69) is 5.32 Å². The lowest BCUT2D eigenvalue weighted by atomic mass is 10.1. The highest BCUT2D eigenvalue weighted by molar-refractivity contribution is 6.32. The summed E-state index contributed by atoms with van der Waals surface area (Å²) >= 11 is 11.7. The molecule has 0 fully saturated rings. The molecule has 4 aromatic carbocycles. The van der Waals surface area contributed by atoms with E-state index in [1.165, 1.54) is 26.0 Å². The molecule has 1 amide bonds. The van der Waals surface area contributed by atoms with Crippen molar-refractivity contribution in [3.05, 3.63) is 116 Å². The number of ketones is 2. The zero-order valence-corrected chi connectivity index (χ0v) is 30.4. The topological polar surface area (TPSA) is 117 Å². The van der Waals surface area contributed by atoms with Crippen LogP contribution in [0.25, 0.3) is 0 Å². The zero-order chi connectivity index (χ0) is 39.9. The second kappa shape index (κ2) is 17.3. The number of carbonyl (C=O) groups is 3. The van der Waals surface area contributed by atoms with E-state index in [-0.39, 0.29) is 46.3 Å². The average molecular weight is 788 g/mol. The maximum absolute atomic E-state index is 12.7. The SMILES string of the molecule is CC(=O)c1cc(COc2ccc(C(F)(F)F)cc2Cl)cc(NC(=O)OC(C)(C)C)c1.CC(=O)c1cc(N)cc(COc2ccc(C(F)(F)F)cc2Cl)c1. The highest BCUT2D eigenvalue weighted by atomic mass is 35.5. The van der Waals surface area contributed by atoms with Crippen molar-refractivity contribution in [1.82, 2.24) is 0 Å². The summed E-state index contributed by atoms with van der Waals surface area (Å²) in [7, 11) is 0. The normalized spacial score (nSPS) is 11.6. The van der Waals surface area contributed by atoms with Gasteiger partial charge in [0.05, 0.1) is 21.2 Å². The van der Waals surface area contributed by atoms with Gasteiger partial charge in [-0.25, -0.2) is 4.79 Å². The molecule has 3 N–H and O–H groups in total. The van der Waals surface area contributed by atoms with Gasteiger partial charge >= 0.3 is 18.4 Å². The number of alkyl halides is 6. The van der Waals surface area contributed by atoms with Crippen LogP contribution in [-0.4, -0.2) is 23.3 Å². The van der Waals surface area contributed by atoms with Crippen LogP contribution in [0.4, 0.5) is 42.5 Å². The molecule has 0 aromatic heterocycles. The molecule has 0 saturated carbocycles. The predicted molar refractivity (Wildman–Crippen MR) is 189 cm³/mol. The molecular weight excluding hydrogens is 753 g/mol. The van der Waals surface area contributed by atoms with E-state index in [4.69, 9.17) is 43.1 Å². The van der Waals surface area contributed by atoms with E-state index in [1.54, 1.807) is 45.0 Å². The summed E-state index contributed by atoms with van der Waals surface area (Å²) in [4.78, 5) is 35.2. The maximum atomic E-state index is 12.7. The van der Waals surface area contributed by atoms with Crippen LogP contribution in [-0.2, 0) is 30.3 Å². The minimum Gasteiger partial charge on any atom is -0.487 e. The average Bonchev–Trinajstić information content (AvgIpc) is 3.01. The van der Waals surface area contributed by atoms with Crippen LogP contribution in [0.2, 0.25) is 10.0 Å². The smallest absolute Gasteiger partial charge is 0.416 e. The lowest BCUT2D eigenvalue weighted by Crippen LogP contribution is -2.27. The van der Waals surface area contributed by atoms with Crippen molar-refractivity contribution in [2.75, 3.05) is 11.1 Å². The number of benzene rings is 4. The highest BCUT2D eigenvalue weighted by Crippen LogP contribution is 2.36. The highest BCUT2D eigenvalue weighted by Gasteiger charge is 2.32. The summed E-state index contributed by atoms with van der Waals surface area (Å²) in [5.41, 5.74) is 5.85. The third kappa shape index (κ3) is 13.5. The molecular formula is C37H34Cl2F6N2O6. The molecule has 0 aliphatic carbocycles. The first-order valence-electron chi connectivity index (χ1n) is 15.5. The molecule has 0 unspecified atom stereocenters. The summed E-state index contributed by atoms with van der Waals surface area (Å²) in [5.74, 6) is -0.214. The summed E-state index contributed by atoms with van der Waals surface area (Å²) in [6.07, 6.45) is -9.67. The fourth-order valence-corrected chi connectivity index (χ4v) is 4.86. The molecule has 4 aromatic rings. The van der Waals surface area contributed by atoms with Gasteiger partial charge in [0.15, 0.2) is 11.6 Å². The van der Waals surface area contributed by atoms with Crippen LogP contribution >= 0.6 is 23.2 Å². The molecule has 0 aliphatic heterocycles. The third-order valence-electron chi connectivity index (χ3n) is 6.77. The van der Waals surface area contributed by atoms with Gasteiger partial charge in [0, 0.05) is 22.5 Å². The number of nitrogen functional groups attached to an aromatic ring is 1. The predicted octanol–water partition coefficient (Wildman–Crippen LogP) is 11.2. The first kappa shape index (κ1) is 42.5. The Morgan fingerprint density at radius 1 is 0.660 bits per heavy atom. The second-order valence-electron chi connectivity index (χ2n) is 12.5. The van der Waals surface area contributed by atoms with Crippen molar-refractivity contribution in [3.8, 4) is 11.5 Å². The summed E-state index contributed by atoms with van der Waals surface area (Å²) in [6.45, 7) is 7.85. The van der Waals surface area contributed by atoms with Gasteiger partial charge in [0.25, 0.3) is 0 Å². The van der Waals surface area contributed by atoms with Gasteiger partial charge in [-0.1, -0.05) is 23.2 Å². The summed E-state index contributed by atoms with van der Waals surface area (Å²) < 4.78 is 92.1. The van der Waals surface area contributed by atoms with Gasteiger partial charge < -0.3 is 19.9 Å². The zero-order valence-electron chi connectivity index (χ0n) is 28.9. The Labute approximate surface area is 311 Å². The minimum absolute atomic E-state index is 0.0242. The van der Waals surface area contributed by atoms with Crippen molar-refractivity contribution in [3.63, 3.8) is 0 Å². The first-order chi connectivity index (χ1) is 24.4. The van der Waals surface area contributed by atoms with Crippen molar-refractivity contribution in [2.45, 2.75) is 65.8 Å². The Kier molecular flexibility index (Phi) is 13.8. The number of anilines is 2. The molecule has 0 spiro atoms. The Hall–Kier alpha value is -4.95. The number of Topliss-reactive ketones (excluding diaryl/α,β-unsaturated/α-hetero) is 2. The molecule has 284 valence electrons. The Morgan fingerprint density at radius 2 is 1.09 bits per heavy atom. The molecule has 4 rings (SSSR count). The van der Waals surface area contributed by atoms with Crippen LogP contribution < -0.4 is 20.5 Å². The Balaban J connectivity index is 0.000000295. The molecule has 0 saturated heterocycles. The van der Waals surface area contributed by atoms with Gasteiger partial charge in [0.2, 0.25) is 0 Å². The van der Waals surface area contributed by atoms with Crippen molar-refractivity contribution in [1.29, 1.82) is 0 Å². The largest absolute Gasteiger partial charge is 0.487 e. The summed E-state index contributed by atoms with van der Waals surface area (Å²) in [6, 6.07) is 15.0. The van der Waals surface area contributed by atoms with Crippen LogP contribution in [0.15, 0.2) is 72.8 Å². The van der Waals surface area contributed by atoms with Crippen molar-refractivity contribution < 1.29 is 54.9 Å². The monoisotopic (exact) mass is 786 g/mol. The molecule has 0 bridgehead atoms. The Bertz CT molecular complexity index is 1980. The van der Waals surface area contributed by atoms with Gasteiger partial charge in [-0.15, -0.1) is 0 Å². The standard InChI is InChI=1S/C21H21ClF3NO4.C16H13ClF3NO2/c1-12(27)14-7-13(8-16(9-14)26-19(28)30-20(2,3)4)11-29-18-6-5-15(10-17(18)22)21(23,24)25;1-9(22)11-4-10(5-13(21)6-11)8-23-15-3-2-12(7-14(15)17)16(18,19)20/h5-10H,11H2,1-4H3,(H,26,28);2-7H,8,21H2,1H3. The molecule has 0 atom stereocenters. The number of nitrogens with one attached hydrogen (secondary N) is 1. The first-order valence-corrected chi connectivity index (χ1v) is 16.2. The molecule has 0 aliphatic rings. The van der Waals surface area contributed by atoms with Gasteiger partial charge in [-0.2, -0.15) is 26.3 Å². The summed E-state index contributed by atoms with van der Waals surface area (Å²) in [5, 5.41) is 2.21. The van der Waals surface area contributed by atoms with Crippen LogP contribution in [0.5, 0.6) is 11.5 Å². The van der Waals surface area contributed by atoms with Crippen LogP contribution in [0.1, 0.15) is 77.6 Å². The second-order valence-corrected chi connectivity index (χ2v) is 13.3. The quantitative estimate of drug-likeness (QED) is 0.0985. The number of hydrogen-bond acceptors (Lipinski definition) is 7. The molecule has 8 nitrogen and oxygen atoms in total. The van der Waals surface area contributed by atoms with Gasteiger partial charge in [-0.05, 0) is 119 Å². The van der Waals surface area contributed by atoms with Crippen molar-refractivity contribution in [2.24, 2.45) is 0 Å². The number of halogens is 8. The van der Waals surface area contributed by atoms with E-state index in [9.17, 15) is 40.7 Å². The van der Waals surface area contributed by atoms with E-state index < -0.39 is 35.2 Å². The van der Waals surface area contributed by atoms with Gasteiger partial charge in [0.1, 0.15) is 30.3 Å². The van der Waals surface area contributed by atoms with E-state index in [0.717, 1.165) is 36.4 Å². The number of rotatable bonds is 9. The maximum Gasteiger partial charge on any atom is 0.416 e. The lowest BCUT2D eigenvalue weighted by Gasteiger charge is -2.20. The van der Waals surface area contributed by atoms with Crippen LogP contribution in [0, 0.1) is 0 Å². The van der Waals surface area contributed by atoms with Crippen molar-refractivity contribution >= 4 is 52.2 Å². The fourth-order valence-electron chi connectivity index (χ4n) is 4.39. The number of nitrogens with two attached hydrogens (primary N) is 1. The molecule has 16 heteroatoms. The van der Waals surface area contributed by atoms with Crippen LogP contribution in [0.3, 0.4) is 0 Å². The lowest BCUT2D eigenvalue weighted by molar-refractivity contribution is -0.138. The molecule has 53 heavy (non-hydrogen) atoms. The van der Waals surface area contributed by atoms with E-state index in [1.807, 2.05) is 0 Å². The third-order valence-corrected chi connectivity index (χ3v) is 7.36. The molecule has 0 radical (unpaired) electrons. The number of carbonyl (C=O) groups excluding carboxylic acids is 3. The number of ether oxygens (including phenoxy) is 3. The molecule has 0 heterocycles. The number of amides is 1. The van der Waals surface area contributed by atoms with E-state index in [0.29, 0.717) is 33.6 Å². The Morgan fingerprint density at radius 3 is 1.49 bits per heavy atom.